The molecule has 2 N–H and O–H groups in total. The van der Waals surface area contributed by atoms with Gasteiger partial charge in [0.05, 0.1) is 17.8 Å². The highest BCUT2D eigenvalue weighted by molar-refractivity contribution is 5.80. The first-order valence-electron chi connectivity index (χ1n) is 3.43. The Morgan fingerprint density at radius 2 is 2.36 bits per heavy atom. The quantitative estimate of drug-likeness (QED) is 0.635. The van der Waals surface area contributed by atoms with Crippen LogP contribution >= 0.6 is 0 Å². The number of aromatic amines is 1. The maximum Gasteiger partial charge on any atom is 0.0898 e. The van der Waals surface area contributed by atoms with Crippen LogP contribution in [0.15, 0.2) is 24.5 Å². The molecular formula is C8H8N2O. The van der Waals surface area contributed by atoms with Crippen molar-refractivity contribution in [3.63, 3.8) is 0 Å². The van der Waals surface area contributed by atoms with Crippen molar-refractivity contribution in [1.82, 2.24) is 9.97 Å². The Morgan fingerprint density at radius 1 is 1.45 bits per heavy atom. The number of nitrogens with one attached hydrogen (secondary N) is 1. The lowest BCUT2D eigenvalue weighted by molar-refractivity contribution is 0.278. The fraction of sp³-hybridized carbons (Fsp3) is 0.125. The molecule has 0 aliphatic rings. The second-order valence-corrected chi connectivity index (χ2v) is 2.36. The number of H-pyrrole nitrogens is 1. The van der Waals surface area contributed by atoms with Crippen LogP contribution in [-0.2, 0) is 6.61 Å². The molecule has 0 unspecified atom stereocenters. The van der Waals surface area contributed by atoms with Crippen molar-refractivity contribution < 1.29 is 5.11 Å². The van der Waals surface area contributed by atoms with Crippen LogP contribution in [0.2, 0.25) is 0 Å². The topological polar surface area (TPSA) is 48.9 Å². The summed E-state index contributed by atoms with van der Waals surface area (Å²) in [6.45, 7) is -0.0160. The molecule has 56 valence electrons. The predicted molar refractivity (Wildman–Crippen MR) is 42.0 cm³/mol. The predicted octanol–water partition coefficient (Wildman–Crippen LogP) is 1.06. The number of fused-ring (bicyclic) bond motifs is 1. The molecule has 2 aromatic rings. The number of rotatable bonds is 1. The fourth-order valence-corrected chi connectivity index (χ4v) is 1.16. The molecule has 0 aliphatic carbocycles. The van der Waals surface area contributed by atoms with Crippen molar-refractivity contribution in [1.29, 1.82) is 0 Å². The summed E-state index contributed by atoms with van der Waals surface area (Å²) in [6.07, 6.45) is 3.53. The van der Waals surface area contributed by atoms with E-state index in [0.29, 0.717) is 5.69 Å². The highest BCUT2D eigenvalue weighted by Gasteiger charge is 1.99. The number of nitrogens with zero attached hydrogens (tertiary/aromatic N) is 1. The molecule has 0 radical (unpaired) electrons. The van der Waals surface area contributed by atoms with Gasteiger partial charge in [0.25, 0.3) is 0 Å². The van der Waals surface area contributed by atoms with E-state index in [9.17, 15) is 0 Å². The van der Waals surface area contributed by atoms with E-state index >= 15 is 0 Å². The fourth-order valence-electron chi connectivity index (χ4n) is 1.16. The summed E-state index contributed by atoms with van der Waals surface area (Å²) in [7, 11) is 0. The Morgan fingerprint density at radius 3 is 3.18 bits per heavy atom. The molecule has 0 atom stereocenters. The first kappa shape index (κ1) is 6.37. The number of pyridine rings is 1. The average Bonchev–Trinajstić information content (AvgIpc) is 2.50. The van der Waals surface area contributed by atoms with E-state index in [2.05, 4.69) is 9.97 Å². The van der Waals surface area contributed by atoms with Gasteiger partial charge in [-0.1, -0.05) is 0 Å². The normalized spacial score (nSPS) is 10.6. The van der Waals surface area contributed by atoms with E-state index in [1.807, 2.05) is 18.3 Å². The third-order valence-electron chi connectivity index (χ3n) is 1.70. The standard InChI is InChI=1S/C8H8N2O/c11-5-7-8-6(1-3-9-7)2-4-10-8/h1-4,10-11H,5H2. The van der Waals surface area contributed by atoms with Crippen LogP contribution in [0.1, 0.15) is 5.69 Å². The first-order chi connectivity index (χ1) is 5.42. The molecule has 0 saturated carbocycles. The summed E-state index contributed by atoms with van der Waals surface area (Å²) in [6, 6.07) is 3.86. The van der Waals surface area contributed by atoms with Gasteiger partial charge >= 0.3 is 0 Å². The smallest absolute Gasteiger partial charge is 0.0898 e. The number of aliphatic hydroxyl groups excluding tert-OH is 1. The van der Waals surface area contributed by atoms with Gasteiger partial charge in [-0.25, -0.2) is 0 Å². The minimum atomic E-state index is -0.0160. The highest BCUT2D eigenvalue weighted by atomic mass is 16.3. The van der Waals surface area contributed by atoms with Crippen LogP contribution in [0.4, 0.5) is 0 Å². The molecule has 0 saturated heterocycles. The summed E-state index contributed by atoms with van der Waals surface area (Å²) < 4.78 is 0. The first-order valence-corrected chi connectivity index (χ1v) is 3.43. The molecule has 0 aromatic carbocycles. The maximum atomic E-state index is 8.87. The lowest BCUT2D eigenvalue weighted by Gasteiger charge is -1.95. The molecule has 0 spiro atoms. The third kappa shape index (κ3) is 0.897. The highest BCUT2D eigenvalue weighted by Crippen LogP contribution is 2.13. The Bertz CT molecular complexity index is 367. The molecule has 0 bridgehead atoms. The van der Waals surface area contributed by atoms with Crippen molar-refractivity contribution in [3.8, 4) is 0 Å². The van der Waals surface area contributed by atoms with Crippen LogP contribution in [0.25, 0.3) is 10.9 Å². The minimum absolute atomic E-state index is 0.0160. The molecule has 2 rings (SSSR count). The summed E-state index contributed by atoms with van der Waals surface area (Å²) >= 11 is 0. The SMILES string of the molecule is OCc1nccc2cc[nH]c12. The van der Waals surface area contributed by atoms with Gasteiger partial charge < -0.3 is 10.1 Å². The zero-order valence-corrected chi connectivity index (χ0v) is 5.91. The van der Waals surface area contributed by atoms with Gasteiger partial charge in [-0.3, -0.25) is 4.98 Å². The lowest BCUT2D eigenvalue weighted by Crippen LogP contribution is -1.88. The monoisotopic (exact) mass is 148 g/mol. The molecule has 11 heavy (non-hydrogen) atoms. The van der Waals surface area contributed by atoms with E-state index in [1.165, 1.54) is 0 Å². The second kappa shape index (κ2) is 2.36. The van der Waals surface area contributed by atoms with E-state index in [1.54, 1.807) is 6.20 Å². The molecule has 0 amide bonds. The number of hydrogen-bond acceptors (Lipinski definition) is 2. The van der Waals surface area contributed by atoms with Crippen LogP contribution in [0.5, 0.6) is 0 Å². The molecule has 2 heterocycles. The minimum Gasteiger partial charge on any atom is -0.390 e. The van der Waals surface area contributed by atoms with Crippen molar-refractivity contribution >= 4 is 10.9 Å². The summed E-state index contributed by atoms with van der Waals surface area (Å²) in [4.78, 5) is 7.03. The Kier molecular flexibility index (Phi) is 1.36. The van der Waals surface area contributed by atoms with E-state index < -0.39 is 0 Å². The lowest BCUT2D eigenvalue weighted by atomic mass is 10.2. The van der Waals surface area contributed by atoms with Gasteiger partial charge in [-0.05, 0) is 12.1 Å². The summed E-state index contributed by atoms with van der Waals surface area (Å²) in [5, 5.41) is 9.96. The molecule has 3 heteroatoms. The van der Waals surface area contributed by atoms with E-state index in [0.717, 1.165) is 10.9 Å². The molecule has 2 aromatic heterocycles. The molecule has 3 nitrogen and oxygen atoms in total. The molecule has 0 aliphatic heterocycles. The summed E-state index contributed by atoms with van der Waals surface area (Å²) in [5.74, 6) is 0. The number of aliphatic hydroxyl groups is 1. The zero-order valence-electron chi connectivity index (χ0n) is 5.91. The maximum absolute atomic E-state index is 8.87. The van der Waals surface area contributed by atoms with Gasteiger partial charge in [0.15, 0.2) is 0 Å². The molecule has 0 fully saturated rings. The Labute approximate surface area is 63.7 Å². The van der Waals surface area contributed by atoms with Gasteiger partial charge in [0, 0.05) is 17.8 Å². The van der Waals surface area contributed by atoms with Crippen LogP contribution in [-0.4, -0.2) is 15.1 Å². The number of aromatic nitrogens is 2. The van der Waals surface area contributed by atoms with Crippen molar-refractivity contribution in [2.75, 3.05) is 0 Å². The second-order valence-electron chi connectivity index (χ2n) is 2.36. The van der Waals surface area contributed by atoms with Crippen LogP contribution in [0, 0.1) is 0 Å². The largest absolute Gasteiger partial charge is 0.390 e. The average molecular weight is 148 g/mol. The van der Waals surface area contributed by atoms with Crippen LogP contribution in [0.3, 0.4) is 0 Å². The van der Waals surface area contributed by atoms with Crippen LogP contribution < -0.4 is 0 Å². The Hall–Kier alpha value is -1.35. The van der Waals surface area contributed by atoms with E-state index in [-0.39, 0.29) is 6.61 Å². The van der Waals surface area contributed by atoms with Crippen molar-refractivity contribution in [2.45, 2.75) is 6.61 Å². The van der Waals surface area contributed by atoms with Gasteiger partial charge in [0.1, 0.15) is 0 Å². The van der Waals surface area contributed by atoms with Gasteiger partial charge in [0.2, 0.25) is 0 Å². The zero-order chi connectivity index (χ0) is 7.68. The molecular weight excluding hydrogens is 140 g/mol. The van der Waals surface area contributed by atoms with Gasteiger partial charge in [-0.2, -0.15) is 0 Å². The number of hydrogen-bond donors (Lipinski definition) is 2. The van der Waals surface area contributed by atoms with Crippen molar-refractivity contribution in [2.24, 2.45) is 0 Å². The third-order valence-corrected chi connectivity index (χ3v) is 1.70. The van der Waals surface area contributed by atoms with Crippen molar-refractivity contribution in [3.05, 3.63) is 30.2 Å². The summed E-state index contributed by atoms with van der Waals surface area (Å²) in [5.41, 5.74) is 1.63. The van der Waals surface area contributed by atoms with Gasteiger partial charge in [-0.15, -0.1) is 0 Å². The Balaban J connectivity index is 2.79. The van der Waals surface area contributed by atoms with E-state index in [4.69, 9.17) is 5.11 Å².